The van der Waals surface area contributed by atoms with Crippen molar-refractivity contribution in [3.05, 3.63) is 35.4 Å². The smallest absolute Gasteiger partial charge is 0.0236 e. The number of hydrogen-bond donors (Lipinski definition) is 1. The van der Waals surface area contributed by atoms with E-state index in [9.17, 15) is 0 Å². The lowest BCUT2D eigenvalue weighted by Crippen LogP contribution is -2.39. The highest BCUT2D eigenvalue weighted by Gasteiger charge is 2.27. The zero-order chi connectivity index (χ0) is 13.9. The van der Waals surface area contributed by atoms with Crippen LogP contribution in [0.4, 0.5) is 0 Å². The molecule has 2 heteroatoms. The molecule has 1 aromatic rings. The summed E-state index contributed by atoms with van der Waals surface area (Å²) in [6, 6.07) is 10.6. The van der Waals surface area contributed by atoms with Gasteiger partial charge in [-0.25, -0.2) is 0 Å². The quantitative estimate of drug-likeness (QED) is 0.882. The van der Waals surface area contributed by atoms with E-state index in [4.69, 9.17) is 0 Å². The summed E-state index contributed by atoms with van der Waals surface area (Å²) in [5, 5.41) is 3.43. The zero-order valence-electron chi connectivity index (χ0n) is 12.9. The molecule has 1 aromatic carbocycles. The van der Waals surface area contributed by atoms with Gasteiger partial charge in [-0.2, -0.15) is 0 Å². The van der Waals surface area contributed by atoms with Crippen molar-refractivity contribution in [3.63, 3.8) is 0 Å². The third kappa shape index (κ3) is 3.24. The van der Waals surface area contributed by atoms with Gasteiger partial charge in [-0.15, -0.1) is 0 Å². The van der Waals surface area contributed by atoms with E-state index < -0.39 is 0 Å². The molecule has 0 aromatic heterocycles. The van der Waals surface area contributed by atoms with Crippen molar-refractivity contribution >= 4 is 0 Å². The van der Waals surface area contributed by atoms with Gasteiger partial charge in [0.1, 0.15) is 0 Å². The normalized spacial score (nSPS) is 26.9. The van der Waals surface area contributed by atoms with Gasteiger partial charge in [0.05, 0.1) is 0 Å². The third-order valence-electron chi connectivity index (χ3n) is 5.22. The Balaban J connectivity index is 1.60. The van der Waals surface area contributed by atoms with Crippen molar-refractivity contribution in [1.29, 1.82) is 0 Å². The van der Waals surface area contributed by atoms with Gasteiger partial charge in [0.15, 0.2) is 0 Å². The minimum atomic E-state index is 0.749. The van der Waals surface area contributed by atoms with E-state index >= 15 is 0 Å². The van der Waals surface area contributed by atoms with Gasteiger partial charge in [-0.05, 0) is 69.7 Å². The minimum absolute atomic E-state index is 0.749. The highest BCUT2D eigenvalue weighted by atomic mass is 15.1. The van der Waals surface area contributed by atoms with Gasteiger partial charge in [0, 0.05) is 18.6 Å². The molecule has 2 aliphatic rings. The number of nitrogens with zero attached hydrogens (tertiary/aromatic N) is 1. The second kappa shape index (κ2) is 6.28. The summed E-state index contributed by atoms with van der Waals surface area (Å²) in [6.07, 6.45) is 8.13. The van der Waals surface area contributed by atoms with E-state index in [-0.39, 0.29) is 0 Å². The highest BCUT2D eigenvalue weighted by Crippen LogP contribution is 2.42. The first-order valence-corrected chi connectivity index (χ1v) is 8.23. The van der Waals surface area contributed by atoms with Crippen LogP contribution in [-0.2, 0) is 6.54 Å². The third-order valence-corrected chi connectivity index (χ3v) is 5.22. The van der Waals surface area contributed by atoms with E-state index in [0.29, 0.717) is 0 Å². The molecule has 3 rings (SSSR count). The largest absolute Gasteiger partial charge is 0.317 e. The molecule has 1 N–H and O–H groups in total. The van der Waals surface area contributed by atoms with Crippen LogP contribution in [0, 0.1) is 0 Å². The zero-order valence-corrected chi connectivity index (χ0v) is 12.9. The number of hydrogen-bond acceptors (Lipinski definition) is 2. The molecule has 20 heavy (non-hydrogen) atoms. The maximum absolute atomic E-state index is 3.43. The molecule has 0 amide bonds. The van der Waals surface area contributed by atoms with E-state index in [0.717, 1.165) is 24.5 Å². The van der Waals surface area contributed by atoms with Crippen LogP contribution in [0.25, 0.3) is 0 Å². The van der Waals surface area contributed by atoms with E-state index in [1.54, 1.807) is 11.1 Å². The van der Waals surface area contributed by atoms with Crippen molar-refractivity contribution in [1.82, 2.24) is 10.2 Å². The van der Waals surface area contributed by atoms with Crippen molar-refractivity contribution in [2.24, 2.45) is 0 Å². The molecular weight excluding hydrogens is 244 g/mol. The molecule has 0 saturated heterocycles. The van der Waals surface area contributed by atoms with Crippen molar-refractivity contribution < 1.29 is 0 Å². The first-order valence-electron chi connectivity index (χ1n) is 8.23. The number of rotatable bonds is 5. The highest BCUT2D eigenvalue weighted by molar-refractivity contribution is 5.33. The molecular formula is C18H28N2. The van der Waals surface area contributed by atoms with Gasteiger partial charge >= 0.3 is 0 Å². The molecule has 0 unspecified atom stereocenters. The fraction of sp³-hybridized carbons (Fsp3) is 0.667. The Morgan fingerprint density at radius 3 is 2.40 bits per heavy atom. The molecule has 2 nitrogen and oxygen atoms in total. The van der Waals surface area contributed by atoms with Gasteiger partial charge < -0.3 is 5.32 Å². The van der Waals surface area contributed by atoms with Crippen molar-refractivity contribution in [2.75, 3.05) is 14.1 Å². The summed E-state index contributed by atoms with van der Waals surface area (Å²) in [6.45, 7) is 1.13. The lowest BCUT2D eigenvalue weighted by Gasteiger charge is -2.35. The average molecular weight is 272 g/mol. The van der Waals surface area contributed by atoms with Crippen LogP contribution >= 0.6 is 0 Å². The van der Waals surface area contributed by atoms with E-state index in [1.165, 1.54) is 38.5 Å². The Morgan fingerprint density at radius 2 is 1.75 bits per heavy atom. The van der Waals surface area contributed by atoms with Crippen LogP contribution in [0.2, 0.25) is 0 Å². The molecule has 0 heterocycles. The van der Waals surface area contributed by atoms with Gasteiger partial charge in [0.2, 0.25) is 0 Å². The topological polar surface area (TPSA) is 15.3 Å². The molecule has 0 spiro atoms. The molecule has 0 atom stereocenters. The lowest BCUT2D eigenvalue weighted by atomic mass is 9.90. The second-order valence-electron chi connectivity index (χ2n) is 6.68. The Bertz CT molecular complexity index is 431. The Kier molecular flexibility index (Phi) is 4.42. The van der Waals surface area contributed by atoms with Crippen molar-refractivity contribution in [2.45, 2.75) is 63.1 Å². The van der Waals surface area contributed by atoms with Gasteiger partial charge in [0.25, 0.3) is 0 Å². The Labute approximate surface area is 123 Å². The molecule has 0 radical (unpaired) electrons. The van der Waals surface area contributed by atoms with Crippen molar-refractivity contribution in [3.8, 4) is 0 Å². The van der Waals surface area contributed by atoms with Crippen LogP contribution in [0.5, 0.6) is 0 Å². The maximum Gasteiger partial charge on any atom is 0.0236 e. The van der Waals surface area contributed by atoms with E-state index in [1.807, 2.05) is 0 Å². The molecule has 2 aliphatic carbocycles. The molecule has 2 fully saturated rings. The fourth-order valence-electron chi connectivity index (χ4n) is 3.67. The summed E-state index contributed by atoms with van der Waals surface area (Å²) >= 11 is 0. The first kappa shape index (κ1) is 14.1. The average Bonchev–Trinajstić information content (AvgIpc) is 3.32. The summed E-state index contributed by atoms with van der Waals surface area (Å²) < 4.78 is 0. The molecule has 2 saturated carbocycles. The predicted molar refractivity (Wildman–Crippen MR) is 85.0 cm³/mol. The summed E-state index contributed by atoms with van der Waals surface area (Å²) in [7, 11) is 4.41. The lowest BCUT2D eigenvalue weighted by molar-refractivity contribution is 0.169. The Morgan fingerprint density at radius 1 is 1.05 bits per heavy atom. The fourth-order valence-corrected chi connectivity index (χ4v) is 3.67. The van der Waals surface area contributed by atoms with Crippen LogP contribution in [0.15, 0.2) is 24.3 Å². The second-order valence-corrected chi connectivity index (χ2v) is 6.68. The van der Waals surface area contributed by atoms with Crippen LogP contribution in [-0.4, -0.2) is 31.1 Å². The summed E-state index contributed by atoms with van der Waals surface area (Å²) in [4.78, 5) is 2.59. The SMILES string of the molecule is CNC1CCC(N(C)Cc2ccccc2C2CC2)CC1. The van der Waals surface area contributed by atoms with Crippen LogP contribution in [0.1, 0.15) is 55.6 Å². The first-order chi connectivity index (χ1) is 9.78. The number of benzene rings is 1. The van der Waals surface area contributed by atoms with Crippen LogP contribution in [0.3, 0.4) is 0 Å². The van der Waals surface area contributed by atoms with Gasteiger partial charge in [-0.3, -0.25) is 4.90 Å². The monoisotopic (exact) mass is 272 g/mol. The molecule has 110 valence electrons. The molecule has 0 aliphatic heterocycles. The Hall–Kier alpha value is -0.860. The summed E-state index contributed by atoms with van der Waals surface area (Å²) in [5.41, 5.74) is 3.18. The minimum Gasteiger partial charge on any atom is -0.317 e. The van der Waals surface area contributed by atoms with Gasteiger partial charge in [-0.1, -0.05) is 24.3 Å². The summed E-state index contributed by atoms with van der Waals surface area (Å²) in [5.74, 6) is 0.861. The predicted octanol–water partition coefficient (Wildman–Crippen LogP) is 3.53. The molecule has 0 bridgehead atoms. The number of nitrogens with one attached hydrogen (secondary N) is 1. The van der Waals surface area contributed by atoms with E-state index in [2.05, 4.69) is 48.6 Å². The standard InChI is InChI=1S/C18H28N2/c1-19-16-9-11-17(12-10-16)20(2)13-15-5-3-4-6-18(15)14-7-8-14/h3-6,14,16-17,19H,7-13H2,1-2H3. The maximum atomic E-state index is 3.43. The van der Waals surface area contributed by atoms with Crippen LogP contribution < -0.4 is 5.32 Å².